The van der Waals surface area contributed by atoms with Gasteiger partial charge in [0.2, 0.25) is 5.91 Å². The number of halogens is 1. The minimum atomic E-state index is 0.0783. The highest BCUT2D eigenvalue weighted by Gasteiger charge is 2.19. The van der Waals surface area contributed by atoms with Crippen LogP contribution in [0.2, 0.25) is 0 Å². The molecule has 0 bridgehead atoms. The number of rotatable bonds is 3. The zero-order valence-electron chi connectivity index (χ0n) is 12.2. The lowest BCUT2D eigenvalue weighted by Gasteiger charge is -2.13. The Hall–Kier alpha value is -1.61. The molecule has 108 valence electrons. The molecule has 1 aliphatic heterocycles. The fourth-order valence-corrected chi connectivity index (χ4v) is 3.24. The molecule has 0 fully saturated rings. The molecule has 2 nitrogen and oxygen atoms in total. The molecule has 1 N–H and O–H groups in total. The highest BCUT2D eigenvalue weighted by atomic mass is 79.9. The van der Waals surface area contributed by atoms with Crippen LogP contribution in [0.25, 0.3) is 0 Å². The summed E-state index contributed by atoms with van der Waals surface area (Å²) in [5.41, 5.74) is 5.79. The average molecular weight is 344 g/mol. The van der Waals surface area contributed by atoms with E-state index in [-0.39, 0.29) is 10.7 Å². The first-order valence-corrected chi connectivity index (χ1v) is 8.13. The molecular weight excluding hydrogens is 326 g/mol. The van der Waals surface area contributed by atoms with Crippen LogP contribution in [-0.2, 0) is 11.2 Å². The van der Waals surface area contributed by atoms with Crippen molar-refractivity contribution in [1.82, 2.24) is 0 Å². The Morgan fingerprint density at radius 3 is 2.29 bits per heavy atom. The predicted molar refractivity (Wildman–Crippen MR) is 90.1 cm³/mol. The van der Waals surface area contributed by atoms with Crippen LogP contribution >= 0.6 is 15.9 Å². The molecule has 0 saturated heterocycles. The van der Waals surface area contributed by atoms with E-state index >= 15 is 0 Å². The minimum absolute atomic E-state index is 0.0783. The van der Waals surface area contributed by atoms with Crippen molar-refractivity contribution in [1.29, 1.82) is 0 Å². The molecule has 1 aliphatic rings. The Morgan fingerprint density at radius 2 is 1.62 bits per heavy atom. The lowest BCUT2D eigenvalue weighted by molar-refractivity contribution is -0.115. The van der Waals surface area contributed by atoms with Crippen LogP contribution in [0.1, 0.15) is 46.8 Å². The van der Waals surface area contributed by atoms with E-state index in [4.69, 9.17) is 0 Å². The SMILES string of the molecule is CC(C)c1ccc(C(Br)c2ccc3c(c2)CC(=O)N3)cc1. The van der Waals surface area contributed by atoms with Crippen molar-refractivity contribution in [3.63, 3.8) is 0 Å². The summed E-state index contributed by atoms with van der Waals surface area (Å²) in [5.74, 6) is 0.625. The number of anilines is 1. The second kappa shape index (κ2) is 5.64. The van der Waals surface area contributed by atoms with Crippen molar-refractivity contribution in [2.24, 2.45) is 0 Å². The topological polar surface area (TPSA) is 29.1 Å². The van der Waals surface area contributed by atoms with E-state index in [1.165, 1.54) is 16.7 Å². The Bertz CT molecular complexity index is 676. The van der Waals surface area contributed by atoms with Crippen molar-refractivity contribution in [2.75, 3.05) is 5.32 Å². The number of fused-ring (bicyclic) bond motifs is 1. The van der Waals surface area contributed by atoms with Gasteiger partial charge in [-0.15, -0.1) is 0 Å². The van der Waals surface area contributed by atoms with Gasteiger partial charge in [-0.1, -0.05) is 66.2 Å². The van der Waals surface area contributed by atoms with Gasteiger partial charge >= 0.3 is 0 Å². The Balaban J connectivity index is 1.87. The molecule has 1 unspecified atom stereocenters. The minimum Gasteiger partial charge on any atom is -0.326 e. The second-order valence-corrected chi connectivity index (χ2v) is 6.74. The van der Waals surface area contributed by atoms with Gasteiger partial charge in [-0.25, -0.2) is 0 Å². The van der Waals surface area contributed by atoms with E-state index < -0.39 is 0 Å². The third kappa shape index (κ3) is 2.88. The summed E-state index contributed by atoms with van der Waals surface area (Å²) >= 11 is 3.77. The predicted octanol–water partition coefficient (Wildman–Crippen LogP) is 4.79. The molecule has 0 radical (unpaired) electrons. The normalized spacial score (nSPS) is 15.0. The number of benzene rings is 2. The maximum Gasteiger partial charge on any atom is 0.228 e. The zero-order valence-corrected chi connectivity index (χ0v) is 13.8. The highest BCUT2D eigenvalue weighted by molar-refractivity contribution is 9.09. The fraction of sp³-hybridized carbons (Fsp3) is 0.278. The molecule has 21 heavy (non-hydrogen) atoms. The highest BCUT2D eigenvalue weighted by Crippen LogP contribution is 2.34. The monoisotopic (exact) mass is 343 g/mol. The first-order valence-electron chi connectivity index (χ1n) is 7.21. The van der Waals surface area contributed by atoms with E-state index in [9.17, 15) is 4.79 Å². The number of amides is 1. The van der Waals surface area contributed by atoms with Crippen LogP contribution in [0, 0.1) is 0 Å². The van der Waals surface area contributed by atoms with Crippen LogP contribution in [0.3, 0.4) is 0 Å². The molecule has 3 rings (SSSR count). The number of hydrogen-bond donors (Lipinski definition) is 1. The van der Waals surface area contributed by atoms with Gasteiger partial charge in [0.05, 0.1) is 11.2 Å². The number of carbonyl (C=O) groups excluding carboxylic acids is 1. The molecule has 3 heteroatoms. The maximum atomic E-state index is 11.4. The summed E-state index contributed by atoms with van der Waals surface area (Å²) < 4.78 is 0. The quantitative estimate of drug-likeness (QED) is 0.797. The molecule has 2 aromatic rings. The van der Waals surface area contributed by atoms with Gasteiger partial charge in [0, 0.05) is 5.69 Å². The van der Waals surface area contributed by atoms with Gasteiger partial charge in [-0.3, -0.25) is 4.79 Å². The van der Waals surface area contributed by atoms with Gasteiger partial charge in [0.25, 0.3) is 0 Å². The number of carbonyl (C=O) groups is 1. The van der Waals surface area contributed by atoms with Crippen LogP contribution in [0.5, 0.6) is 0 Å². The maximum absolute atomic E-state index is 11.4. The van der Waals surface area contributed by atoms with Crippen molar-refractivity contribution in [3.05, 3.63) is 64.7 Å². The van der Waals surface area contributed by atoms with Crippen LogP contribution in [0.15, 0.2) is 42.5 Å². The standard InChI is InChI=1S/C18H18BrNO/c1-11(2)12-3-5-13(6-4-12)18(19)14-7-8-16-15(9-14)10-17(21)20-16/h3-9,11,18H,10H2,1-2H3,(H,20,21). The Morgan fingerprint density at radius 1 is 1.00 bits per heavy atom. The average Bonchev–Trinajstić information content (AvgIpc) is 2.85. The summed E-state index contributed by atoms with van der Waals surface area (Å²) in [6.07, 6.45) is 0.481. The number of nitrogens with one attached hydrogen (secondary N) is 1. The summed E-state index contributed by atoms with van der Waals surface area (Å²) in [5, 5.41) is 2.87. The molecule has 0 aromatic heterocycles. The Kier molecular flexibility index (Phi) is 3.85. The zero-order chi connectivity index (χ0) is 15.0. The molecule has 1 amide bonds. The first kappa shape index (κ1) is 14.3. The van der Waals surface area contributed by atoms with Gasteiger partial charge < -0.3 is 5.32 Å². The van der Waals surface area contributed by atoms with Crippen LogP contribution in [-0.4, -0.2) is 5.91 Å². The lowest BCUT2D eigenvalue weighted by Crippen LogP contribution is -2.03. The van der Waals surface area contributed by atoms with E-state index in [2.05, 4.69) is 71.5 Å². The van der Waals surface area contributed by atoms with Crippen LogP contribution in [0.4, 0.5) is 5.69 Å². The number of hydrogen-bond acceptors (Lipinski definition) is 1. The van der Waals surface area contributed by atoms with E-state index in [1.54, 1.807) is 0 Å². The smallest absolute Gasteiger partial charge is 0.228 e. The lowest BCUT2D eigenvalue weighted by atomic mass is 9.98. The van der Waals surface area contributed by atoms with Gasteiger partial charge in [0.1, 0.15) is 0 Å². The largest absolute Gasteiger partial charge is 0.326 e. The van der Waals surface area contributed by atoms with Gasteiger partial charge in [-0.2, -0.15) is 0 Å². The van der Waals surface area contributed by atoms with Crippen molar-refractivity contribution < 1.29 is 4.79 Å². The van der Waals surface area contributed by atoms with Crippen molar-refractivity contribution in [3.8, 4) is 0 Å². The van der Waals surface area contributed by atoms with Crippen molar-refractivity contribution in [2.45, 2.75) is 31.0 Å². The molecular formula is C18H18BrNO. The summed E-state index contributed by atoms with van der Waals surface area (Å²) in [6.45, 7) is 4.40. The van der Waals surface area contributed by atoms with Crippen LogP contribution < -0.4 is 5.32 Å². The third-order valence-corrected chi connectivity index (χ3v) is 5.00. The van der Waals surface area contributed by atoms with Gasteiger partial charge in [-0.05, 0) is 34.2 Å². The molecule has 1 atom stereocenters. The molecule has 0 aliphatic carbocycles. The van der Waals surface area contributed by atoms with Gasteiger partial charge in [0.15, 0.2) is 0 Å². The molecule has 0 spiro atoms. The summed E-state index contributed by atoms with van der Waals surface area (Å²) in [6, 6.07) is 14.9. The van der Waals surface area contributed by atoms with E-state index in [0.717, 1.165) is 11.3 Å². The Labute approximate surface area is 133 Å². The summed E-state index contributed by atoms with van der Waals surface area (Å²) in [4.78, 5) is 11.6. The fourth-order valence-electron chi connectivity index (χ4n) is 2.65. The summed E-state index contributed by atoms with van der Waals surface area (Å²) in [7, 11) is 0. The molecule has 0 saturated carbocycles. The molecule has 2 aromatic carbocycles. The van der Waals surface area contributed by atoms with E-state index in [1.807, 2.05) is 6.07 Å². The van der Waals surface area contributed by atoms with Crippen molar-refractivity contribution >= 4 is 27.5 Å². The third-order valence-electron chi connectivity index (χ3n) is 3.94. The van der Waals surface area contributed by atoms with E-state index in [0.29, 0.717) is 12.3 Å². The molecule has 1 heterocycles. The first-order chi connectivity index (χ1) is 10.0. The second-order valence-electron chi connectivity index (χ2n) is 5.83. The number of alkyl halides is 1.